The summed E-state index contributed by atoms with van der Waals surface area (Å²) >= 11 is 0. The Morgan fingerprint density at radius 1 is 1.50 bits per heavy atom. The van der Waals surface area contributed by atoms with Crippen molar-refractivity contribution in [1.29, 1.82) is 5.26 Å². The number of benzene rings is 1. The number of guanidine groups is 1. The summed E-state index contributed by atoms with van der Waals surface area (Å²) in [6.07, 6.45) is 2.39. The van der Waals surface area contributed by atoms with Crippen molar-refractivity contribution in [3.05, 3.63) is 29.8 Å². The third kappa shape index (κ3) is 2.60. The predicted molar refractivity (Wildman–Crippen MR) is 51.9 cm³/mol. The number of nitrogens with two attached hydrogens (primary N) is 1. The molecule has 0 aromatic heterocycles. The molecule has 0 aliphatic heterocycles. The van der Waals surface area contributed by atoms with Crippen molar-refractivity contribution in [3.63, 3.8) is 0 Å². The van der Waals surface area contributed by atoms with Crippen LogP contribution in [0.5, 0.6) is 0 Å². The summed E-state index contributed by atoms with van der Waals surface area (Å²) in [4.78, 5) is 14.2. The molecule has 0 saturated carbocycles. The molecule has 1 aromatic rings. The largest absolute Gasteiger partial charge is 0.369 e. The number of aldehydes is 1. The Morgan fingerprint density at radius 3 is 2.64 bits per heavy atom. The van der Waals surface area contributed by atoms with Gasteiger partial charge in [-0.3, -0.25) is 10.1 Å². The summed E-state index contributed by atoms with van der Waals surface area (Å²) in [5.74, 6) is 0.0198. The molecule has 70 valence electrons. The fourth-order valence-electron chi connectivity index (χ4n) is 0.852. The van der Waals surface area contributed by atoms with E-state index in [4.69, 9.17) is 11.0 Å². The molecule has 0 atom stereocenters. The van der Waals surface area contributed by atoms with E-state index in [-0.39, 0.29) is 5.96 Å². The summed E-state index contributed by atoms with van der Waals surface area (Å²) in [6.45, 7) is 0. The molecule has 0 aliphatic rings. The second-order valence-corrected chi connectivity index (χ2v) is 2.44. The van der Waals surface area contributed by atoms with Gasteiger partial charge in [0.25, 0.3) is 0 Å². The Bertz CT molecular complexity index is 388. The van der Waals surface area contributed by atoms with E-state index < -0.39 is 0 Å². The number of hydrogen-bond donors (Lipinski definition) is 2. The number of nitrogens with one attached hydrogen (secondary N) is 1. The number of rotatable bonds is 2. The molecule has 0 saturated heterocycles. The summed E-state index contributed by atoms with van der Waals surface area (Å²) in [6, 6.07) is 6.50. The van der Waals surface area contributed by atoms with Gasteiger partial charge >= 0.3 is 0 Å². The molecule has 3 N–H and O–H groups in total. The molecular weight excluding hydrogens is 180 g/mol. The zero-order valence-corrected chi connectivity index (χ0v) is 7.27. The van der Waals surface area contributed by atoms with Crippen LogP contribution in [-0.4, -0.2) is 12.2 Å². The summed E-state index contributed by atoms with van der Waals surface area (Å²) in [5.41, 5.74) is 6.48. The van der Waals surface area contributed by atoms with Crippen LogP contribution in [0.2, 0.25) is 0 Å². The van der Waals surface area contributed by atoms with E-state index >= 15 is 0 Å². The van der Waals surface area contributed by atoms with E-state index in [0.29, 0.717) is 11.3 Å². The topological polar surface area (TPSA) is 91.3 Å². The van der Waals surface area contributed by atoms with Crippen LogP contribution in [0.3, 0.4) is 0 Å². The molecule has 0 aliphatic carbocycles. The van der Waals surface area contributed by atoms with Crippen LogP contribution in [0.25, 0.3) is 0 Å². The molecule has 0 spiro atoms. The number of nitriles is 1. The van der Waals surface area contributed by atoms with Crippen LogP contribution in [0.1, 0.15) is 10.4 Å². The highest BCUT2D eigenvalue weighted by molar-refractivity contribution is 5.82. The van der Waals surface area contributed by atoms with Crippen LogP contribution in [0, 0.1) is 11.5 Å². The van der Waals surface area contributed by atoms with Gasteiger partial charge in [-0.25, -0.2) is 4.99 Å². The Hall–Kier alpha value is -2.35. The van der Waals surface area contributed by atoms with Gasteiger partial charge in [-0.15, -0.1) is 0 Å². The number of carbonyl (C=O) groups is 1. The van der Waals surface area contributed by atoms with Crippen LogP contribution in [0.4, 0.5) is 5.69 Å². The monoisotopic (exact) mass is 188 g/mol. The quantitative estimate of drug-likeness (QED) is 0.232. The van der Waals surface area contributed by atoms with Crippen molar-refractivity contribution in [2.75, 3.05) is 0 Å². The highest BCUT2D eigenvalue weighted by Crippen LogP contribution is 2.11. The van der Waals surface area contributed by atoms with Gasteiger partial charge in [0.2, 0.25) is 5.96 Å². The normalized spacial score (nSPS) is 10.4. The van der Waals surface area contributed by atoms with Crippen molar-refractivity contribution in [2.45, 2.75) is 0 Å². The first-order valence-corrected chi connectivity index (χ1v) is 3.81. The van der Waals surface area contributed by atoms with Gasteiger partial charge in [-0.05, 0) is 24.3 Å². The van der Waals surface area contributed by atoms with Gasteiger partial charge < -0.3 is 5.73 Å². The lowest BCUT2D eigenvalue weighted by molar-refractivity contribution is 0.112. The number of carbonyl (C=O) groups excluding carboxylic acids is 1. The standard InChI is InChI=1S/C9H8N4O/c10-6-12-9(11)13-8-3-1-7(5-14)2-4-8/h1-5H,(H3,11,12,13). The van der Waals surface area contributed by atoms with E-state index in [9.17, 15) is 4.79 Å². The van der Waals surface area contributed by atoms with Crippen LogP contribution in [0.15, 0.2) is 29.3 Å². The minimum Gasteiger partial charge on any atom is -0.369 e. The fraction of sp³-hybridized carbons (Fsp3) is 0. The third-order valence-electron chi connectivity index (χ3n) is 1.46. The van der Waals surface area contributed by atoms with Crippen molar-refractivity contribution in [2.24, 2.45) is 10.7 Å². The Morgan fingerprint density at radius 2 is 2.14 bits per heavy atom. The molecule has 5 nitrogen and oxygen atoms in total. The average molecular weight is 188 g/mol. The highest BCUT2D eigenvalue weighted by atomic mass is 16.1. The second kappa shape index (κ2) is 4.62. The smallest absolute Gasteiger partial charge is 0.207 e. The van der Waals surface area contributed by atoms with Gasteiger partial charge in [0, 0.05) is 5.56 Å². The molecular formula is C9H8N4O. The van der Waals surface area contributed by atoms with Gasteiger partial charge in [0.05, 0.1) is 5.69 Å². The molecule has 1 rings (SSSR count). The lowest BCUT2D eigenvalue weighted by Gasteiger charge is -1.96. The van der Waals surface area contributed by atoms with Crippen LogP contribution >= 0.6 is 0 Å². The fourth-order valence-corrected chi connectivity index (χ4v) is 0.852. The van der Waals surface area contributed by atoms with E-state index in [1.165, 1.54) is 0 Å². The van der Waals surface area contributed by atoms with Crippen LogP contribution < -0.4 is 11.1 Å². The van der Waals surface area contributed by atoms with Gasteiger partial charge in [0.1, 0.15) is 6.29 Å². The summed E-state index contributed by atoms with van der Waals surface area (Å²) in [5, 5.41) is 10.4. The molecule has 0 heterocycles. The van der Waals surface area contributed by atoms with Crippen LogP contribution in [-0.2, 0) is 0 Å². The maximum atomic E-state index is 10.3. The molecule has 5 heteroatoms. The zero-order chi connectivity index (χ0) is 10.4. The molecule has 0 amide bonds. The molecule has 0 bridgehead atoms. The second-order valence-electron chi connectivity index (χ2n) is 2.44. The Kier molecular flexibility index (Phi) is 3.21. The van der Waals surface area contributed by atoms with E-state index in [1.807, 2.05) is 0 Å². The summed E-state index contributed by atoms with van der Waals surface area (Å²) < 4.78 is 0. The van der Waals surface area contributed by atoms with E-state index in [0.717, 1.165) is 6.29 Å². The minimum atomic E-state index is 0.0198. The van der Waals surface area contributed by atoms with Crippen molar-refractivity contribution < 1.29 is 4.79 Å². The molecule has 14 heavy (non-hydrogen) atoms. The molecule has 1 aromatic carbocycles. The van der Waals surface area contributed by atoms with Crippen molar-refractivity contribution in [1.82, 2.24) is 5.32 Å². The molecule has 0 radical (unpaired) electrons. The minimum absolute atomic E-state index is 0.0198. The predicted octanol–water partition coefficient (Wildman–Crippen LogP) is 0.516. The van der Waals surface area contributed by atoms with Crippen molar-refractivity contribution in [3.8, 4) is 6.19 Å². The van der Waals surface area contributed by atoms with E-state index in [2.05, 4.69) is 10.3 Å². The number of nitrogens with zero attached hydrogens (tertiary/aromatic N) is 2. The first kappa shape index (κ1) is 9.74. The molecule has 0 unspecified atom stereocenters. The van der Waals surface area contributed by atoms with Gasteiger partial charge in [-0.2, -0.15) is 5.26 Å². The third-order valence-corrected chi connectivity index (χ3v) is 1.46. The molecule has 0 fully saturated rings. The maximum Gasteiger partial charge on any atom is 0.207 e. The average Bonchev–Trinajstić information content (AvgIpc) is 2.19. The summed E-state index contributed by atoms with van der Waals surface area (Å²) in [7, 11) is 0. The zero-order valence-electron chi connectivity index (χ0n) is 7.27. The maximum absolute atomic E-state index is 10.3. The Balaban J connectivity index is 2.83. The lowest BCUT2D eigenvalue weighted by Crippen LogP contribution is -2.26. The first-order valence-electron chi connectivity index (χ1n) is 3.81. The highest BCUT2D eigenvalue weighted by Gasteiger charge is 1.93. The first-order chi connectivity index (χ1) is 6.76. The van der Waals surface area contributed by atoms with Crippen molar-refractivity contribution >= 4 is 17.9 Å². The number of aliphatic imine (C=N–C) groups is 1. The SMILES string of the molecule is N#CNC(N)=Nc1ccc(C=O)cc1. The Labute approximate surface area is 80.9 Å². The van der Waals surface area contributed by atoms with Gasteiger partial charge in [0.15, 0.2) is 6.19 Å². The lowest BCUT2D eigenvalue weighted by atomic mass is 10.2. The van der Waals surface area contributed by atoms with Gasteiger partial charge in [-0.1, -0.05) is 0 Å². The number of hydrogen-bond acceptors (Lipinski definition) is 3. The van der Waals surface area contributed by atoms with E-state index in [1.54, 1.807) is 30.5 Å².